The van der Waals surface area contributed by atoms with E-state index >= 15 is 0 Å². The second kappa shape index (κ2) is 14.5. The Kier molecular flexibility index (Phi) is 10.8. The summed E-state index contributed by atoms with van der Waals surface area (Å²) in [7, 11) is 0. The monoisotopic (exact) mass is 537 g/mol. The first-order valence-corrected chi connectivity index (χ1v) is 14.5. The summed E-state index contributed by atoms with van der Waals surface area (Å²) in [4.78, 5) is 24.3. The molecule has 7 nitrogen and oxygen atoms in total. The van der Waals surface area contributed by atoms with Gasteiger partial charge in [0.2, 0.25) is 0 Å². The molecule has 2 aliphatic rings. The predicted octanol–water partition coefficient (Wildman–Crippen LogP) is 4.36. The number of fused-ring (bicyclic) bond motifs is 2. The predicted molar refractivity (Wildman–Crippen MR) is 149 cm³/mol. The highest BCUT2D eigenvalue weighted by Gasteiger charge is 2.44. The Hall–Kier alpha value is -2.90. The Bertz CT molecular complexity index is 1070. The summed E-state index contributed by atoms with van der Waals surface area (Å²) < 4.78 is 11.1. The molecule has 0 heterocycles. The van der Waals surface area contributed by atoms with Crippen LogP contribution in [-0.4, -0.2) is 47.4 Å². The number of hydrogen-bond donors (Lipinski definition) is 3. The third kappa shape index (κ3) is 8.29. The average molecular weight is 538 g/mol. The van der Waals surface area contributed by atoms with E-state index in [2.05, 4.69) is 18.3 Å². The number of nitrogens with one attached hydrogen (secondary N) is 1. The number of carbonyl (C=O) groups excluding carboxylic acids is 2. The van der Waals surface area contributed by atoms with Gasteiger partial charge in [0.1, 0.15) is 18.9 Å². The molecule has 2 aliphatic carbocycles. The van der Waals surface area contributed by atoms with Gasteiger partial charge in [0.05, 0.1) is 12.2 Å². The molecular formula is C32H43NO6. The Morgan fingerprint density at radius 3 is 2.67 bits per heavy atom. The van der Waals surface area contributed by atoms with Crippen molar-refractivity contribution in [1.82, 2.24) is 5.32 Å². The summed E-state index contributed by atoms with van der Waals surface area (Å²) in [5, 5.41) is 23.8. The molecule has 2 aromatic carbocycles. The number of unbranched alkanes of at least 4 members (excludes halogenated alkanes) is 2. The third-order valence-corrected chi connectivity index (χ3v) is 8.35. The third-order valence-electron chi connectivity index (χ3n) is 8.35. The highest BCUT2D eigenvalue weighted by atomic mass is 16.5. The van der Waals surface area contributed by atoms with Crippen molar-refractivity contribution in [3.8, 4) is 5.75 Å². The minimum Gasteiger partial charge on any atom is -0.483 e. The number of benzene rings is 2. The van der Waals surface area contributed by atoms with Gasteiger partial charge in [0, 0.05) is 0 Å². The summed E-state index contributed by atoms with van der Waals surface area (Å²) in [6, 6.07) is 15.3. The molecule has 1 unspecified atom stereocenters. The minimum atomic E-state index is -0.502. The number of aliphatic hydroxyl groups excluding tert-OH is 2. The lowest BCUT2D eigenvalue weighted by Crippen LogP contribution is -2.34. The number of esters is 1. The van der Waals surface area contributed by atoms with E-state index in [0.717, 1.165) is 68.9 Å². The molecule has 5 atom stereocenters. The molecule has 1 amide bonds. The van der Waals surface area contributed by atoms with Gasteiger partial charge in [-0.2, -0.15) is 0 Å². The van der Waals surface area contributed by atoms with Crippen molar-refractivity contribution >= 4 is 11.9 Å². The molecule has 1 saturated carbocycles. The second-order valence-electron chi connectivity index (χ2n) is 11.1. The van der Waals surface area contributed by atoms with Crippen LogP contribution in [0.25, 0.3) is 0 Å². The molecule has 0 aromatic heterocycles. The molecule has 4 rings (SSSR count). The van der Waals surface area contributed by atoms with Gasteiger partial charge in [-0.1, -0.05) is 68.7 Å². The summed E-state index contributed by atoms with van der Waals surface area (Å²) in [5.74, 6) is 0.784. The molecule has 212 valence electrons. The van der Waals surface area contributed by atoms with Gasteiger partial charge in [-0.05, 0) is 79.0 Å². The summed E-state index contributed by atoms with van der Waals surface area (Å²) in [5.41, 5.74) is 3.21. The van der Waals surface area contributed by atoms with Crippen molar-refractivity contribution in [1.29, 1.82) is 0 Å². The first-order valence-electron chi connectivity index (χ1n) is 14.5. The number of aliphatic hydroxyl groups is 2. The fourth-order valence-electron chi connectivity index (χ4n) is 6.25. The molecule has 3 N–H and O–H groups in total. The van der Waals surface area contributed by atoms with Crippen LogP contribution in [0.2, 0.25) is 0 Å². The van der Waals surface area contributed by atoms with E-state index in [1.165, 1.54) is 5.56 Å². The fraction of sp³-hybridized carbons (Fsp3) is 0.562. The van der Waals surface area contributed by atoms with Crippen LogP contribution in [0.3, 0.4) is 0 Å². The van der Waals surface area contributed by atoms with Crippen molar-refractivity contribution in [2.75, 3.05) is 13.2 Å². The van der Waals surface area contributed by atoms with E-state index in [0.29, 0.717) is 17.6 Å². The van der Waals surface area contributed by atoms with Crippen molar-refractivity contribution < 1.29 is 29.3 Å². The normalized spacial score (nSPS) is 22.4. The molecule has 0 spiro atoms. The largest absolute Gasteiger partial charge is 0.483 e. The van der Waals surface area contributed by atoms with Gasteiger partial charge < -0.3 is 25.0 Å². The lowest BCUT2D eigenvalue weighted by atomic mass is 9.73. The van der Waals surface area contributed by atoms with Crippen LogP contribution >= 0.6 is 0 Å². The second-order valence-corrected chi connectivity index (χ2v) is 11.1. The van der Waals surface area contributed by atoms with Crippen molar-refractivity contribution in [2.45, 2.75) is 83.5 Å². The maximum absolute atomic E-state index is 12.3. The molecule has 1 fully saturated rings. The van der Waals surface area contributed by atoms with Crippen LogP contribution in [0, 0.1) is 17.8 Å². The summed E-state index contributed by atoms with van der Waals surface area (Å²) in [6.07, 6.45) is 7.65. The standard InChI is InChI=1S/C32H43NO6/c1-2-3-5-12-25(34)14-15-26-27-16-23-11-8-13-30(28(23)17-24(27)18-29(26)35)38-21-31(36)33-19-32(37)39-20-22-9-6-4-7-10-22/h4,6-11,13,24-27,29,34-35H,2-3,5,12,14-21H2,1H3,(H,33,36)/t24-,25?,26+,27-,29+/m0/s1. The van der Waals surface area contributed by atoms with Crippen LogP contribution in [0.1, 0.15) is 68.6 Å². The molecule has 0 aliphatic heterocycles. The highest BCUT2D eigenvalue weighted by Crippen LogP contribution is 2.48. The maximum Gasteiger partial charge on any atom is 0.325 e. The van der Waals surface area contributed by atoms with E-state index in [-0.39, 0.29) is 43.8 Å². The quantitative estimate of drug-likeness (QED) is 0.244. The van der Waals surface area contributed by atoms with E-state index in [1.807, 2.05) is 42.5 Å². The fourth-order valence-corrected chi connectivity index (χ4v) is 6.25. The average Bonchev–Trinajstić information content (AvgIpc) is 3.25. The molecule has 7 heteroatoms. The van der Waals surface area contributed by atoms with Crippen molar-refractivity contribution in [3.05, 3.63) is 65.2 Å². The topological polar surface area (TPSA) is 105 Å². The Balaban J connectivity index is 1.24. The first-order chi connectivity index (χ1) is 18.9. The van der Waals surface area contributed by atoms with Gasteiger partial charge in [-0.25, -0.2) is 0 Å². The number of hydrogen-bond acceptors (Lipinski definition) is 6. The number of carbonyl (C=O) groups is 2. The highest BCUT2D eigenvalue weighted by molar-refractivity contribution is 5.82. The van der Waals surface area contributed by atoms with Gasteiger partial charge in [-0.3, -0.25) is 9.59 Å². The molecular weight excluding hydrogens is 494 g/mol. The minimum absolute atomic E-state index is 0.166. The molecule has 2 aromatic rings. The number of rotatable bonds is 14. The summed E-state index contributed by atoms with van der Waals surface area (Å²) in [6.45, 7) is 1.94. The Morgan fingerprint density at radius 1 is 1.05 bits per heavy atom. The van der Waals surface area contributed by atoms with Crippen molar-refractivity contribution in [3.63, 3.8) is 0 Å². The van der Waals surface area contributed by atoms with Gasteiger partial charge in [0.15, 0.2) is 6.61 Å². The molecule has 0 bridgehead atoms. The summed E-state index contributed by atoms with van der Waals surface area (Å²) >= 11 is 0. The van der Waals surface area contributed by atoms with Crippen LogP contribution in [-0.2, 0) is 33.8 Å². The maximum atomic E-state index is 12.3. The first kappa shape index (κ1) is 29.1. The van der Waals surface area contributed by atoms with Crippen LogP contribution in [0.5, 0.6) is 5.75 Å². The molecule has 0 radical (unpaired) electrons. The molecule has 0 saturated heterocycles. The van der Waals surface area contributed by atoms with Gasteiger partial charge >= 0.3 is 5.97 Å². The van der Waals surface area contributed by atoms with Gasteiger partial charge in [0.25, 0.3) is 5.91 Å². The van der Waals surface area contributed by atoms with Crippen LogP contribution in [0.4, 0.5) is 0 Å². The Morgan fingerprint density at radius 2 is 1.87 bits per heavy atom. The molecule has 39 heavy (non-hydrogen) atoms. The van der Waals surface area contributed by atoms with Gasteiger partial charge in [-0.15, -0.1) is 0 Å². The number of ether oxygens (including phenoxy) is 2. The Labute approximate surface area is 231 Å². The number of amides is 1. The van der Waals surface area contributed by atoms with E-state index in [1.54, 1.807) is 0 Å². The van der Waals surface area contributed by atoms with Crippen LogP contribution < -0.4 is 10.1 Å². The zero-order valence-corrected chi connectivity index (χ0v) is 23.0. The van der Waals surface area contributed by atoms with Crippen LogP contribution in [0.15, 0.2) is 48.5 Å². The lowest BCUT2D eigenvalue weighted by molar-refractivity contribution is -0.145. The van der Waals surface area contributed by atoms with E-state index < -0.39 is 5.97 Å². The van der Waals surface area contributed by atoms with Crippen molar-refractivity contribution in [2.24, 2.45) is 17.8 Å². The van der Waals surface area contributed by atoms with E-state index in [9.17, 15) is 19.8 Å². The SMILES string of the molecule is CCCCCC(O)CC[C@@H]1[C@H]2Cc3cccc(OCC(=O)NCC(=O)OCc4ccccc4)c3C[C@H]2C[C@H]1O. The lowest BCUT2D eigenvalue weighted by Gasteiger charge is -2.32. The smallest absolute Gasteiger partial charge is 0.325 e. The zero-order valence-electron chi connectivity index (χ0n) is 23.0. The van der Waals surface area contributed by atoms with E-state index in [4.69, 9.17) is 9.47 Å². The zero-order chi connectivity index (χ0) is 27.6.